The third kappa shape index (κ3) is 1.21. The Labute approximate surface area is 84.7 Å². The molecule has 0 saturated heterocycles. The van der Waals surface area contributed by atoms with Crippen molar-refractivity contribution in [3.8, 4) is 0 Å². The molecule has 3 rings (SSSR count). The average Bonchev–Trinajstić information content (AvgIpc) is 2.38. The molecule has 0 radical (unpaired) electrons. The van der Waals surface area contributed by atoms with Crippen LogP contribution in [0.2, 0.25) is 5.21 Å². The lowest BCUT2D eigenvalue weighted by Gasteiger charge is -2.54. The Bertz CT molecular complexity index is 201. The summed E-state index contributed by atoms with van der Waals surface area (Å²) in [6, 6.07) is 0. The van der Waals surface area contributed by atoms with Crippen molar-refractivity contribution in [3.63, 3.8) is 0 Å². The Kier molecular flexibility index (Phi) is 1.92. The second-order valence-electron chi connectivity index (χ2n) is 6.83. The SMILES string of the molecule is BC(B)(C1C2CCC1C2)C(C)(C)C. The van der Waals surface area contributed by atoms with E-state index in [1.807, 2.05) is 0 Å². The first-order chi connectivity index (χ1) is 5.84. The van der Waals surface area contributed by atoms with E-state index in [1.165, 1.54) is 12.8 Å². The van der Waals surface area contributed by atoms with Gasteiger partial charge in [-0.2, -0.15) is 0 Å². The van der Waals surface area contributed by atoms with Gasteiger partial charge < -0.3 is 0 Å². The second-order valence-corrected chi connectivity index (χ2v) is 6.83. The molecular formula is C11H22B2. The van der Waals surface area contributed by atoms with Crippen LogP contribution in [0.4, 0.5) is 0 Å². The molecule has 0 amide bonds. The predicted octanol–water partition coefficient (Wildman–Crippen LogP) is 1.46. The van der Waals surface area contributed by atoms with Crippen LogP contribution in [-0.2, 0) is 0 Å². The van der Waals surface area contributed by atoms with Gasteiger partial charge >= 0.3 is 0 Å². The molecule has 0 aromatic heterocycles. The van der Waals surface area contributed by atoms with Crippen molar-refractivity contribution in [2.75, 3.05) is 0 Å². The van der Waals surface area contributed by atoms with Crippen molar-refractivity contribution in [2.24, 2.45) is 23.2 Å². The van der Waals surface area contributed by atoms with Crippen molar-refractivity contribution in [2.45, 2.75) is 45.2 Å². The minimum Gasteiger partial charge on any atom is -0.0766 e. The normalized spacial score (nSPS) is 38.8. The van der Waals surface area contributed by atoms with Gasteiger partial charge in [0.05, 0.1) is 0 Å². The van der Waals surface area contributed by atoms with Gasteiger partial charge in [-0.1, -0.05) is 26.0 Å². The van der Waals surface area contributed by atoms with Crippen LogP contribution < -0.4 is 0 Å². The zero-order valence-electron chi connectivity index (χ0n) is 9.85. The molecule has 2 unspecified atom stereocenters. The van der Waals surface area contributed by atoms with E-state index in [4.69, 9.17) is 0 Å². The maximum absolute atomic E-state index is 2.49. The van der Waals surface area contributed by atoms with Crippen LogP contribution in [0.1, 0.15) is 40.0 Å². The van der Waals surface area contributed by atoms with Crippen LogP contribution in [0.15, 0.2) is 0 Å². The van der Waals surface area contributed by atoms with Gasteiger partial charge in [-0.25, -0.2) is 0 Å². The summed E-state index contributed by atoms with van der Waals surface area (Å²) in [6.45, 7) is 7.22. The Hall–Kier alpha value is 0.130. The van der Waals surface area contributed by atoms with Gasteiger partial charge in [-0.3, -0.25) is 0 Å². The molecule has 3 aliphatic rings. The standard InChI is InChI=1S/C11H22B2/c1-10(2,3)11(12,13)9-7-4-5-8(9)6-7/h7-9H,4-6,12-13H2,1-3H3. The summed E-state index contributed by atoms with van der Waals surface area (Å²) in [4.78, 5) is 0. The van der Waals surface area contributed by atoms with Crippen molar-refractivity contribution >= 4 is 15.7 Å². The average molecular weight is 176 g/mol. The molecule has 72 valence electrons. The van der Waals surface area contributed by atoms with Crippen LogP contribution in [0.25, 0.3) is 0 Å². The van der Waals surface area contributed by atoms with Gasteiger partial charge in [-0.05, 0) is 42.4 Å². The van der Waals surface area contributed by atoms with Crippen molar-refractivity contribution in [3.05, 3.63) is 0 Å². The molecule has 0 aromatic rings. The largest absolute Gasteiger partial charge is 0.100 e. The molecule has 0 nitrogen and oxygen atoms in total. The van der Waals surface area contributed by atoms with E-state index in [9.17, 15) is 0 Å². The third-order valence-corrected chi connectivity index (χ3v) is 5.30. The van der Waals surface area contributed by atoms with Crippen molar-refractivity contribution in [1.29, 1.82) is 0 Å². The fourth-order valence-corrected chi connectivity index (χ4v) is 3.57. The molecule has 2 bridgehead atoms. The van der Waals surface area contributed by atoms with Gasteiger partial charge in [0.15, 0.2) is 0 Å². The zero-order valence-corrected chi connectivity index (χ0v) is 9.85. The maximum Gasteiger partial charge on any atom is 0.100 e. The minimum absolute atomic E-state index is 0.471. The molecule has 3 fully saturated rings. The third-order valence-electron chi connectivity index (χ3n) is 5.30. The lowest BCUT2D eigenvalue weighted by Crippen LogP contribution is -2.46. The summed E-state index contributed by atoms with van der Waals surface area (Å²) in [7, 11) is 4.98. The van der Waals surface area contributed by atoms with Gasteiger partial charge in [-0.15, -0.1) is 0 Å². The van der Waals surface area contributed by atoms with Gasteiger partial charge in [0.1, 0.15) is 15.7 Å². The first kappa shape index (κ1) is 9.68. The van der Waals surface area contributed by atoms with Gasteiger partial charge in [0, 0.05) is 0 Å². The first-order valence-electron chi connectivity index (χ1n) is 5.84. The summed E-state index contributed by atoms with van der Waals surface area (Å²) >= 11 is 0. The molecule has 0 aromatic carbocycles. The van der Waals surface area contributed by atoms with E-state index >= 15 is 0 Å². The van der Waals surface area contributed by atoms with E-state index in [-0.39, 0.29) is 0 Å². The summed E-state index contributed by atoms with van der Waals surface area (Å²) in [5.74, 6) is 3.20. The smallest absolute Gasteiger partial charge is 0.0766 e. The Balaban J connectivity index is 2.16. The topological polar surface area (TPSA) is 0 Å². The quantitative estimate of drug-likeness (QED) is 0.530. The molecule has 13 heavy (non-hydrogen) atoms. The van der Waals surface area contributed by atoms with E-state index in [1.54, 1.807) is 6.42 Å². The molecule has 0 N–H and O–H groups in total. The zero-order chi connectivity index (χ0) is 9.85. The van der Waals surface area contributed by atoms with Crippen LogP contribution in [0.3, 0.4) is 0 Å². The highest BCUT2D eigenvalue weighted by Gasteiger charge is 2.55. The van der Waals surface area contributed by atoms with E-state index in [0.717, 1.165) is 17.8 Å². The molecule has 2 heteroatoms. The highest BCUT2D eigenvalue weighted by Crippen LogP contribution is 2.65. The van der Waals surface area contributed by atoms with Gasteiger partial charge in [0.2, 0.25) is 0 Å². The number of hydrogen-bond acceptors (Lipinski definition) is 0. The van der Waals surface area contributed by atoms with Crippen LogP contribution in [0.5, 0.6) is 0 Å². The van der Waals surface area contributed by atoms with Crippen LogP contribution in [0, 0.1) is 23.2 Å². The molecule has 0 aliphatic heterocycles. The fraction of sp³-hybridized carbons (Fsp3) is 1.00. The van der Waals surface area contributed by atoms with Crippen LogP contribution in [-0.4, -0.2) is 15.7 Å². The molecule has 3 aliphatic carbocycles. The Morgan fingerprint density at radius 1 is 1.00 bits per heavy atom. The molecule has 0 heterocycles. The highest BCUT2D eigenvalue weighted by molar-refractivity contribution is 6.40. The van der Waals surface area contributed by atoms with E-state index in [0.29, 0.717) is 10.6 Å². The Morgan fingerprint density at radius 3 is 1.77 bits per heavy atom. The lowest BCUT2D eigenvalue weighted by atomic mass is 9.34. The predicted molar refractivity (Wildman–Crippen MR) is 63.6 cm³/mol. The van der Waals surface area contributed by atoms with Crippen molar-refractivity contribution < 1.29 is 0 Å². The Morgan fingerprint density at radius 2 is 1.46 bits per heavy atom. The number of rotatable bonds is 1. The second kappa shape index (κ2) is 2.58. The molecule has 2 atom stereocenters. The summed E-state index contributed by atoms with van der Waals surface area (Å²) in [5.41, 5.74) is 0.471. The lowest BCUT2D eigenvalue weighted by molar-refractivity contribution is 0.0816. The van der Waals surface area contributed by atoms with Crippen molar-refractivity contribution in [1.82, 2.24) is 0 Å². The first-order valence-corrected chi connectivity index (χ1v) is 5.84. The minimum atomic E-state index is 0.471. The fourth-order valence-electron chi connectivity index (χ4n) is 3.57. The monoisotopic (exact) mass is 176 g/mol. The van der Waals surface area contributed by atoms with E-state index < -0.39 is 0 Å². The summed E-state index contributed by atoms with van der Waals surface area (Å²) < 4.78 is 0. The number of fused-ring (bicyclic) bond motifs is 1. The molecule has 3 saturated carbocycles. The summed E-state index contributed by atoms with van der Waals surface area (Å²) in [5, 5.41) is 0.539. The van der Waals surface area contributed by atoms with Crippen LogP contribution >= 0.6 is 0 Å². The molecular weight excluding hydrogens is 154 g/mol. The van der Waals surface area contributed by atoms with E-state index in [2.05, 4.69) is 36.5 Å². The summed E-state index contributed by atoms with van der Waals surface area (Å²) in [6.07, 6.45) is 4.59. The molecule has 0 spiro atoms. The number of hydrogen-bond donors (Lipinski definition) is 0. The van der Waals surface area contributed by atoms with Gasteiger partial charge in [0.25, 0.3) is 0 Å². The highest BCUT2D eigenvalue weighted by atomic mass is 14.6. The maximum atomic E-state index is 2.49.